The third-order valence-corrected chi connectivity index (χ3v) is 5.41. The first-order valence-electron chi connectivity index (χ1n) is 8.16. The molecule has 1 atom stereocenters. The van der Waals surface area contributed by atoms with Crippen LogP contribution in [0.25, 0.3) is 0 Å². The first-order chi connectivity index (χ1) is 11.4. The minimum Gasteiger partial charge on any atom is -0.493 e. The van der Waals surface area contributed by atoms with Gasteiger partial charge < -0.3 is 20.5 Å². The zero-order chi connectivity index (χ0) is 16.9. The molecule has 3 aliphatic carbocycles. The summed E-state index contributed by atoms with van der Waals surface area (Å²) in [5.41, 5.74) is -0.365. The van der Waals surface area contributed by atoms with Crippen LogP contribution in [0.4, 0.5) is 9.18 Å². The maximum Gasteiger partial charge on any atom is 0.315 e. The Hall–Kier alpha value is -2.31. The zero-order valence-electron chi connectivity index (χ0n) is 13.1. The fourth-order valence-corrected chi connectivity index (χ4v) is 4.28. The molecule has 0 radical (unpaired) electrons. The van der Waals surface area contributed by atoms with Crippen LogP contribution in [0, 0.1) is 11.2 Å². The summed E-state index contributed by atoms with van der Waals surface area (Å²) in [5, 5.41) is 14.9. The van der Waals surface area contributed by atoms with Crippen molar-refractivity contribution in [2.24, 2.45) is 5.41 Å². The van der Waals surface area contributed by atoms with Crippen LogP contribution in [0.15, 0.2) is 18.2 Å². The lowest BCUT2D eigenvalue weighted by Gasteiger charge is -2.67. The van der Waals surface area contributed by atoms with Crippen LogP contribution in [0.2, 0.25) is 0 Å². The maximum atomic E-state index is 13.6. The van der Waals surface area contributed by atoms with Crippen molar-refractivity contribution in [3.63, 3.8) is 0 Å². The number of carbonyl (C=O) groups excluding carboxylic acids is 1. The van der Waals surface area contributed by atoms with E-state index in [0.29, 0.717) is 43.6 Å². The Morgan fingerprint density at radius 2 is 2.04 bits per heavy atom. The van der Waals surface area contributed by atoms with Gasteiger partial charge in [-0.15, -0.1) is 0 Å². The van der Waals surface area contributed by atoms with Crippen LogP contribution in [0.1, 0.15) is 43.7 Å². The van der Waals surface area contributed by atoms with E-state index in [1.807, 2.05) is 0 Å². The van der Waals surface area contributed by atoms with Crippen LogP contribution in [-0.2, 0) is 4.79 Å². The number of hydrogen-bond acceptors (Lipinski definition) is 3. The van der Waals surface area contributed by atoms with Gasteiger partial charge in [0.25, 0.3) is 0 Å². The van der Waals surface area contributed by atoms with E-state index in [9.17, 15) is 14.0 Å². The van der Waals surface area contributed by atoms with Gasteiger partial charge in [0, 0.05) is 11.1 Å². The van der Waals surface area contributed by atoms with Crippen LogP contribution in [-0.4, -0.2) is 29.3 Å². The Morgan fingerprint density at radius 3 is 2.75 bits per heavy atom. The Kier molecular flexibility index (Phi) is 3.23. The van der Waals surface area contributed by atoms with Gasteiger partial charge in [-0.05, 0) is 50.3 Å². The second-order valence-electron chi connectivity index (χ2n) is 7.22. The predicted octanol–water partition coefficient (Wildman–Crippen LogP) is 2.35. The molecule has 1 heterocycles. The van der Waals surface area contributed by atoms with Gasteiger partial charge in [-0.1, -0.05) is 0 Å². The number of benzene rings is 1. The van der Waals surface area contributed by atoms with Crippen molar-refractivity contribution in [2.75, 3.05) is 6.61 Å². The van der Waals surface area contributed by atoms with Crippen LogP contribution >= 0.6 is 0 Å². The van der Waals surface area contributed by atoms with Crippen LogP contribution in [0.5, 0.6) is 5.75 Å². The zero-order valence-corrected chi connectivity index (χ0v) is 13.1. The highest BCUT2D eigenvalue weighted by molar-refractivity contribution is 5.83. The van der Waals surface area contributed by atoms with Gasteiger partial charge in [0.15, 0.2) is 0 Å². The van der Waals surface area contributed by atoms with Crippen LogP contribution in [0.3, 0.4) is 0 Å². The lowest BCUT2D eigenvalue weighted by Crippen LogP contribution is -2.77. The van der Waals surface area contributed by atoms with E-state index < -0.39 is 11.4 Å². The minimum atomic E-state index is -0.781. The smallest absolute Gasteiger partial charge is 0.315 e. The molecule has 0 spiro atoms. The van der Waals surface area contributed by atoms with Gasteiger partial charge in [0.2, 0.25) is 0 Å². The Bertz CT molecular complexity index is 701. The number of carboxylic acids is 1. The molecule has 5 rings (SSSR count). The van der Waals surface area contributed by atoms with E-state index >= 15 is 0 Å². The second-order valence-corrected chi connectivity index (χ2v) is 7.22. The molecule has 3 saturated carbocycles. The Labute approximate surface area is 138 Å². The van der Waals surface area contributed by atoms with E-state index in [2.05, 4.69) is 10.6 Å². The fourth-order valence-electron chi connectivity index (χ4n) is 4.28. The van der Waals surface area contributed by atoms with Crippen molar-refractivity contribution in [3.05, 3.63) is 29.6 Å². The van der Waals surface area contributed by atoms with Gasteiger partial charge in [-0.25, -0.2) is 9.18 Å². The molecule has 1 aromatic carbocycles. The molecule has 7 heteroatoms. The summed E-state index contributed by atoms with van der Waals surface area (Å²) >= 11 is 0. The number of urea groups is 1. The molecular weight excluding hydrogens is 315 g/mol. The average Bonchev–Trinajstić information content (AvgIpc) is 2.63. The summed E-state index contributed by atoms with van der Waals surface area (Å²) in [4.78, 5) is 23.4. The quantitative estimate of drug-likeness (QED) is 0.792. The summed E-state index contributed by atoms with van der Waals surface area (Å²) in [6, 6.07) is 3.66. The highest BCUT2D eigenvalue weighted by Crippen LogP contribution is 2.67. The van der Waals surface area contributed by atoms with Crippen molar-refractivity contribution < 1.29 is 23.8 Å². The molecule has 2 amide bonds. The number of hydrogen-bond donors (Lipinski definition) is 3. The van der Waals surface area contributed by atoms with E-state index in [4.69, 9.17) is 9.84 Å². The molecule has 24 heavy (non-hydrogen) atoms. The first kappa shape index (κ1) is 15.2. The molecule has 2 bridgehead atoms. The van der Waals surface area contributed by atoms with Crippen molar-refractivity contribution in [1.82, 2.24) is 10.6 Å². The van der Waals surface area contributed by atoms with E-state index in [1.54, 1.807) is 6.07 Å². The molecule has 6 nitrogen and oxygen atoms in total. The van der Waals surface area contributed by atoms with Crippen molar-refractivity contribution in [2.45, 2.75) is 43.7 Å². The van der Waals surface area contributed by atoms with E-state index in [1.165, 1.54) is 12.1 Å². The van der Waals surface area contributed by atoms with Gasteiger partial charge in [-0.2, -0.15) is 0 Å². The summed E-state index contributed by atoms with van der Waals surface area (Å²) in [7, 11) is 0. The number of rotatable bonds is 3. The normalized spacial score (nSPS) is 33.0. The van der Waals surface area contributed by atoms with Crippen molar-refractivity contribution in [1.29, 1.82) is 0 Å². The number of carbonyl (C=O) groups is 2. The predicted molar refractivity (Wildman–Crippen MR) is 82.2 cm³/mol. The van der Waals surface area contributed by atoms with Crippen molar-refractivity contribution >= 4 is 12.0 Å². The largest absolute Gasteiger partial charge is 0.493 e. The SMILES string of the molecule is O=C(NC1CCCOc2ccc(F)cc21)NC12CC(C(=O)O)(C1)C2. The van der Waals surface area contributed by atoms with Crippen LogP contribution < -0.4 is 15.4 Å². The van der Waals surface area contributed by atoms with Gasteiger partial charge in [-0.3, -0.25) is 4.79 Å². The van der Waals surface area contributed by atoms with E-state index in [-0.39, 0.29) is 23.4 Å². The number of fused-ring (bicyclic) bond motifs is 1. The molecule has 1 unspecified atom stereocenters. The number of nitrogens with one attached hydrogen (secondary N) is 2. The standard InChI is InChI=1S/C17H19FN2O4/c18-10-3-4-13-11(6-10)12(2-1-5-24-13)19-15(23)20-17-7-16(8-17,9-17)14(21)22/h3-4,6,12H,1-2,5,7-9H2,(H,21,22)(H2,19,20,23). The fraction of sp³-hybridized carbons (Fsp3) is 0.529. The molecule has 1 aliphatic heterocycles. The molecular formula is C17H19FN2O4. The van der Waals surface area contributed by atoms with Gasteiger partial charge >= 0.3 is 12.0 Å². The first-order valence-corrected chi connectivity index (χ1v) is 8.16. The summed E-state index contributed by atoms with van der Waals surface area (Å²) < 4.78 is 19.2. The number of ether oxygens (including phenoxy) is 1. The Balaban J connectivity index is 1.42. The van der Waals surface area contributed by atoms with Crippen molar-refractivity contribution in [3.8, 4) is 5.75 Å². The molecule has 0 saturated heterocycles. The minimum absolute atomic E-state index is 0.320. The van der Waals surface area contributed by atoms with Gasteiger partial charge in [0.05, 0.1) is 18.1 Å². The number of amides is 2. The molecule has 3 N–H and O–H groups in total. The lowest BCUT2D eigenvalue weighted by atomic mass is 9.39. The molecule has 3 fully saturated rings. The second kappa shape index (κ2) is 5.09. The highest BCUT2D eigenvalue weighted by atomic mass is 19.1. The maximum absolute atomic E-state index is 13.6. The molecule has 0 aromatic heterocycles. The molecule has 128 valence electrons. The molecule has 1 aromatic rings. The summed E-state index contributed by atoms with van der Waals surface area (Å²) in [5.74, 6) is -0.555. The molecule has 4 aliphatic rings. The van der Waals surface area contributed by atoms with E-state index in [0.717, 1.165) is 6.42 Å². The summed E-state index contributed by atoms with van der Waals surface area (Å²) in [6.07, 6.45) is 2.88. The summed E-state index contributed by atoms with van der Waals surface area (Å²) in [6.45, 7) is 0.531. The highest BCUT2D eigenvalue weighted by Gasteiger charge is 2.72. The van der Waals surface area contributed by atoms with Gasteiger partial charge in [0.1, 0.15) is 11.6 Å². The average molecular weight is 334 g/mol. The number of carboxylic acid groups (broad SMARTS) is 1. The lowest BCUT2D eigenvalue weighted by molar-refractivity contribution is -0.196. The third kappa shape index (κ3) is 2.30. The number of halogens is 1. The Morgan fingerprint density at radius 1 is 1.29 bits per heavy atom. The third-order valence-electron chi connectivity index (χ3n) is 5.41. The monoisotopic (exact) mass is 334 g/mol. The topological polar surface area (TPSA) is 87.7 Å². The number of aliphatic carboxylic acids is 1.